The Labute approximate surface area is 359 Å². The molecule has 1 spiro atoms. The predicted molar refractivity (Wildman–Crippen MR) is 260 cm³/mol. The van der Waals surface area contributed by atoms with Crippen molar-refractivity contribution in [2.24, 2.45) is 0 Å². The van der Waals surface area contributed by atoms with Gasteiger partial charge in [0.1, 0.15) is 11.5 Å². The molecule has 0 fully saturated rings. The van der Waals surface area contributed by atoms with E-state index in [1.54, 1.807) is 0 Å². The summed E-state index contributed by atoms with van der Waals surface area (Å²) in [5, 5.41) is 15.1. The van der Waals surface area contributed by atoms with Gasteiger partial charge >= 0.3 is 0 Å². The van der Waals surface area contributed by atoms with Crippen molar-refractivity contribution in [3.63, 3.8) is 0 Å². The summed E-state index contributed by atoms with van der Waals surface area (Å²) in [5.41, 5.74) is 12.5. The summed E-state index contributed by atoms with van der Waals surface area (Å²) in [6, 6.07) is 74.7. The molecule has 0 atom stereocenters. The van der Waals surface area contributed by atoms with Crippen LogP contribution in [0.5, 0.6) is 11.5 Å². The molecule has 288 valence electrons. The Morgan fingerprint density at radius 3 is 1.53 bits per heavy atom. The monoisotopic (exact) mass is 786 g/mol. The zero-order valence-corrected chi connectivity index (χ0v) is 34.0. The molecular weight excluding hydrogens is 749 g/mol. The van der Waals surface area contributed by atoms with E-state index in [-0.39, 0.29) is 0 Å². The minimum absolute atomic E-state index is 0.679. The fraction of sp³-hybridized carbons (Fsp3) is 0.0492. The first kappa shape index (κ1) is 34.0. The highest BCUT2D eigenvalue weighted by molar-refractivity contribution is 6.19. The molecule has 11 aromatic rings. The molecule has 62 heavy (non-hydrogen) atoms. The van der Waals surface area contributed by atoms with Crippen molar-refractivity contribution in [3.8, 4) is 22.6 Å². The van der Waals surface area contributed by atoms with Gasteiger partial charge in [-0.25, -0.2) is 0 Å². The second kappa shape index (κ2) is 12.6. The lowest BCUT2D eigenvalue weighted by Gasteiger charge is -2.42. The number of fused-ring (bicyclic) bond motifs is 17. The van der Waals surface area contributed by atoms with Crippen molar-refractivity contribution in [1.82, 2.24) is 0 Å². The minimum Gasteiger partial charge on any atom is -0.457 e. The van der Waals surface area contributed by atoms with Crippen molar-refractivity contribution in [3.05, 3.63) is 240 Å². The first-order valence-electron chi connectivity index (χ1n) is 21.9. The summed E-state index contributed by atoms with van der Waals surface area (Å²) in [4.78, 5) is 0. The van der Waals surface area contributed by atoms with Gasteiger partial charge in [0.05, 0.1) is 5.41 Å². The molecular formula is C61H38O. The smallest absolute Gasteiger partial charge is 0.132 e. The van der Waals surface area contributed by atoms with E-state index in [4.69, 9.17) is 4.74 Å². The molecule has 2 aliphatic carbocycles. The first-order chi connectivity index (χ1) is 30.7. The van der Waals surface area contributed by atoms with Crippen molar-refractivity contribution in [1.29, 1.82) is 0 Å². The molecule has 0 amide bonds. The SMILES string of the molecule is C1=C(c2cccc3ccccc23)CCC2=C1C1(c3cc4ccccc4cc3Oc3cc4ccccc4cc31)c1c2c2ccccc2c2cc(-c3cccc4ccccc34)ccc12. The van der Waals surface area contributed by atoms with E-state index in [9.17, 15) is 0 Å². The van der Waals surface area contributed by atoms with Crippen LogP contribution in [0.15, 0.2) is 212 Å². The molecule has 1 nitrogen and oxygen atoms in total. The molecule has 0 bridgehead atoms. The molecule has 0 aromatic heterocycles. The fourth-order valence-corrected chi connectivity index (χ4v) is 11.7. The van der Waals surface area contributed by atoms with Crippen LogP contribution >= 0.6 is 0 Å². The second-order valence-electron chi connectivity index (χ2n) is 17.4. The Kier molecular flexibility index (Phi) is 6.94. The average Bonchev–Trinajstić information content (AvgIpc) is 3.63. The van der Waals surface area contributed by atoms with Crippen LogP contribution in [0.4, 0.5) is 0 Å². The Morgan fingerprint density at radius 2 is 0.887 bits per heavy atom. The minimum atomic E-state index is -0.679. The van der Waals surface area contributed by atoms with Crippen LogP contribution < -0.4 is 4.74 Å². The van der Waals surface area contributed by atoms with Crippen molar-refractivity contribution >= 4 is 75.8 Å². The zero-order valence-electron chi connectivity index (χ0n) is 34.0. The van der Waals surface area contributed by atoms with Gasteiger partial charge in [0.2, 0.25) is 0 Å². The van der Waals surface area contributed by atoms with Crippen molar-refractivity contribution < 1.29 is 4.74 Å². The van der Waals surface area contributed by atoms with Crippen LogP contribution in [-0.4, -0.2) is 0 Å². The first-order valence-corrected chi connectivity index (χ1v) is 21.9. The van der Waals surface area contributed by atoms with Crippen LogP contribution in [0.3, 0.4) is 0 Å². The highest BCUT2D eigenvalue weighted by atomic mass is 16.5. The van der Waals surface area contributed by atoms with E-state index in [0.29, 0.717) is 0 Å². The van der Waals surface area contributed by atoms with Crippen LogP contribution in [0.25, 0.3) is 86.9 Å². The molecule has 1 heterocycles. The lowest BCUT2D eigenvalue weighted by Crippen LogP contribution is -2.33. The topological polar surface area (TPSA) is 9.23 Å². The molecule has 0 N–H and O–H groups in total. The van der Waals surface area contributed by atoms with Crippen LogP contribution in [0, 0.1) is 0 Å². The third-order valence-corrected chi connectivity index (χ3v) is 14.4. The molecule has 11 aromatic carbocycles. The highest BCUT2D eigenvalue weighted by Gasteiger charge is 2.54. The van der Waals surface area contributed by atoms with Crippen LogP contribution in [0.1, 0.15) is 40.7 Å². The number of ether oxygens (including phenoxy) is 1. The lowest BCUT2D eigenvalue weighted by atomic mass is 9.62. The van der Waals surface area contributed by atoms with E-state index in [0.717, 1.165) is 24.3 Å². The fourth-order valence-electron chi connectivity index (χ4n) is 11.7. The quantitative estimate of drug-likeness (QED) is 0.159. The van der Waals surface area contributed by atoms with Gasteiger partial charge in [0, 0.05) is 11.1 Å². The second-order valence-corrected chi connectivity index (χ2v) is 17.4. The predicted octanol–water partition coefficient (Wildman–Crippen LogP) is 16.4. The lowest BCUT2D eigenvalue weighted by molar-refractivity contribution is 0.438. The van der Waals surface area contributed by atoms with Crippen molar-refractivity contribution in [2.45, 2.75) is 18.3 Å². The third-order valence-electron chi connectivity index (χ3n) is 14.4. The van der Waals surface area contributed by atoms with Gasteiger partial charge in [-0.2, -0.15) is 0 Å². The van der Waals surface area contributed by atoms with Gasteiger partial charge in [-0.15, -0.1) is 0 Å². The standard InChI is InChI=1S/C61H38O/c1-3-17-41-35-57-55(32-39(41)15-1)61(56-33-40-16-2-4-18-42(40)36-58(56)62-57)54-34-44(48-26-12-20-38-14-6-8-22-46(38)48)28-30-52(54)59-50-24-10-9-23-49(50)53-31-43(27-29-51(53)60(59)61)47-25-11-19-37-13-5-7-21-45(37)47/h1-27,29,31-36H,28,30H2. The number of hydrogen-bond acceptors (Lipinski definition) is 1. The van der Waals surface area contributed by atoms with E-state index in [1.807, 2.05) is 0 Å². The normalized spacial score (nSPS) is 14.9. The van der Waals surface area contributed by atoms with Gasteiger partial charge in [0.25, 0.3) is 0 Å². The summed E-state index contributed by atoms with van der Waals surface area (Å²) < 4.78 is 7.22. The summed E-state index contributed by atoms with van der Waals surface area (Å²) >= 11 is 0. The summed E-state index contributed by atoms with van der Waals surface area (Å²) in [6.07, 6.45) is 4.50. The third kappa shape index (κ3) is 4.57. The summed E-state index contributed by atoms with van der Waals surface area (Å²) in [6.45, 7) is 0. The number of benzene rings is 11. The largest absolute Gasteiger partial charge is 0.457 e. The maximum absolute atomic E-state index is 7.22. The Bertz CT molecular complexity index is 3750. The van der Waals surface area contributed by atoms with E-state index >= 15 is 0 Å². The molecule has 0 saturated carbocycles. The van der Waals surface area contributed by atoms with Crippen LogP contribution in [-0.2, 0) is 5.41 Å². The molecule has 14 rings (SSSR count). The Hall–Kier alpha value is -7.74. The number of hydrogen-bond donors (Lipinski definition) is 0. The molecule has 1 aliphatic heterocycles. The molecule has 1 heteroatoms. The maximum atomic E-state index is 7.22. The van der Waals surface area contributed by atoms with Gasteiger partial charge in [0.15, 0.2) is 0 Å². The Balaban J connectivity index is 1.17. The van der Waals surface area contributed by atoms with Gasteiger partial charge in [-0.05, 0) is 152 Å². The zero-order chi connectivity index (χ0) is 40.5. The summed E-state index contributed by atoms with van der Waals surface area (Å²) in [7, 11) is 0. The number of allylic oxidation sites excluding steroid dienone is 4. The van der Waals surface area contributed by atoms with E-state index in [2.05, 4.69) is 206 Å². The molecule has 3 aliphatic rings. The highest BCUT2D eigenvalue weighted by Crippen LogP contribution is 2.66. The molecule has 0 radical (unpaired) electrons. The number of rotatable bonds is 2. The van der Waals surface area contributed by atoms with Crippen molar-refractivity contribution in [2.75, 3.05) is 0 Å². The molecule has 0 saturated heterocycles. The maximum Gasteiger partial charge on any atom is 0.132 e. The van der Waals surface area contributed by atoms with E-state index in [1.165, 1.54) is 120 Å². The van der Waals surface area contributed by atoms with Gasteiger partial charge < -0.3 is 4.74 Å². The van der Waals surface area contributed by atoms with Gasteiger partial charge in [-0.1, -0.05) is 176 Å². The molecule has 0 unspecified atom stereocenters. The average molecular weight is 787 g/mol. The van der Waals surface area contributed by atoms with Gasteiger partial charge in [-0.3, -0.25) is 0 Å². The van der Waals surface area contributed by atoms with Crippen LogP contribution in [0.2, 0.25) is 0 Å². The summed E-state index contributed by atoms with van der Waals surface area (Å²) in [5.74, 6) is 1.84. The Morgan fingerprint density at radius 1 is 0.371 bits per heavy atom. The van der Waals surface area contributed by atoms with E-state index < -0.39 is 5.41 Å².